The maximum atomic E-state index is 14.4. The van der Waals surface area contributed by atoms with Crippen molar-refractivity contribution >= 4 is 78.3 Å². The zero-order valence-corrected chi connectivity index (χ0v) is 49.3. The zero-order valence-electron chi connectivity index (χ0n) is 44.7. The fraction of sp³-hybridized carbons (Fsp3) is 0.154. The van der Waals surface area contributed by atoms with Gasteiger partial charge in [0.2, 0.25) is 31.9 Å². The lowest BCUT2D eigenvalue weighted by Crippen LogP contribution is -2.38. The highest BCUT2D eigenvalue weighted by Crippen LogP contribution is 2.42. The first-order valence-corrected chi connectivity index (χ1v) is 28.7. The second-order valence-electron chi connectivity index (χ2n) is 17.6. The number of aromatic hydroxyl groups is 1. The predicted octanol–water partition coefficient (Wildman–Crippen LogP) is 6.66. The summed E-state index contributed by atoms with van der Waals surface area (Å²) >= 11 is 25.2. The number of carbonyl (C=O) groups is 2. The Bertz CT molecular complexity index is 4410. The van der Waals surface area contributed by atoms with Crippen molar-refractivity contribution in [1.29, 1.82) is 0 Å². The molecule has 0 unspecified atom stereocenters. The lowest BCUT2D eigenvalue weighted by Gasteiger charge is -2.23. The van der Waals surface area contributed by atoms with Crippen LogP contribution in [0.2, 0.25) is 20.1 Å². The molecule has 26 nitrogen and oxygen atoms in total. The van der Waals surface area contributed by atoms with Gasteiger partial charge in [-0.05, 0) is 83.9 Å². The van der Waals surface area contributed by atoms with Crippen molar-refractivity contribution in [2.45, 2.75) is 35.8 Å². The first-order chi connectivity index (χ1) is 41.5. The number of rotatable bonds is 23. The molecule has 0 fully saturated rings. The van der Waals surface area contributed by atoms with Gasteiger partial charge in [0, 0.05) is 18.7 Å². The molecule has 0 saturated heterocycles. The van der Waals surface area contributed by atoms with Crippen LogP contribution < -0.4 is 62.4 Å². The molecule has 0 aliphatic rings. The summed E-state index contributed by atoms with van der Waals surface area (Å²) in [6.45, 7) is -1.74. The van der Waals surface area contributed by atoms with E-state index in [1.165, 1.54) is 32.4 Å². The van der Waals surface area contributed by atoms with Crippen LogP contribution >= 0.6 is 46.4 Å². The fourth-order valence-corrected chi connectivity index (χ4v) is 11.2. The lowest BCUT2D eigenvalue weighted by atomic mass is 10.2. The van der Waals surface area contributed by atoms with Crippen molar-refractivity contribution in [2.75, 3.05) is 27.3 Å². The van der Waals surface area contributed by atoms with Crippen LogP contribution in [-0.2, 0) is 42.8 Å². The number of benzene rings is 6. The van der Waals surface area contributed by atoms with Crippen molar-refractivity contribution in [2.24, 2.45) is 11.5 Å². The maximum Gasteiger partial charge on any atom is 0.349 e. The Morgan fingerprint density at radius 2 is 1.05 bits per heavy atom. The molecule has 6 aromatic carbocycles. The minimum absolute atomic E-state index is 0.0639. The van der Waals surface area contributed by atoms with Gasteiger partial charge in [-0.15, -0.1) is 0 Å². The molecule has 0 saturated carbocycles. The SMILES string of the molecule is COc1ccc(COc2ccc(Oc3c(Cl)cc(-n4nc(C(F)F)c(=O)[nH]c4=O)cc3Cl)cc2S(=O)(=O)N(CC(N)=O)Cc2ccc(OC)cc2)cc1.NC(=O)CNS(=O)(=O)c1cc(Oc2c(Cl)cc(-n3nc(C(F)F)c(=O)[nH]c3=O)cc2Cl)ccc1O. The summed E-state index contributed by atoms with van der Waals surface area (Å²) in [6, 6.07) is 24.6. The van der Waals surface area contributed by atoms with E-state index >= 15 is 0 Å². The molecular formula is C52H42Cl4F4N10O16S2. The number of nitrogens with one attached hydrogen (secondary N) is 3. The second-order valence-corrected chi connectivity index (χ2v) is 22.9. The van der Waals surface area contributed by atoms with Crippen LogP contribution in [0.5, 0.6) is 46.0 Å². The number of nitrogens with zero attached hydrogens (tertiary/aromatic N) is 5. The smallest absolute Gasteiger partial charge is 0.349 e. The Labute approximate surface area is 512 Å². The van der Waals surface area contributed by atoms with Gasteiger partial charge in [-0.2, -0.15) is 23.9 Å². The molecule has 2 heterocycles. The van der Waals surface area contributed by atoms with Gasteiger partial charge in [0.15, 0.2) is 22.9 Å². The molecule has 8 aromatic rings. The van der Waals surface area contributed by atoms with E-state index in [0.29, 0.717) is 32.0 Å². The number of phenols is 1. The number of sulfonamides is 2. The number of ether oxygens (including phenoxy) is 5. The average Bonchev–Trinajstić information content (AvgIpc) is 2.36. The van der Waals surface area contributed by atoms with Crippen molar-refractivity contribution in [1.82, 2.24) is 38.6 Å². The summed E-state index contributed by atoms with van der Waals surface area (Å²) in [7, 11) is -5.95. The van der Waals surface area contributed by atoms with Gasteiger partial charge in [0.25, 0.3) is 24.0 Å². The molecule has 0 bridgehead atoms. The van der Waals surface area contributed by atoms with Gasteiger partial charge < -0.3 is 40.3 Å². The molecule has 2 amide bonds. The zero-order chi connectivity index (χ0) is 64.5. The van der Waals surface area contributed by atoms with Gasteiger partial charge in [-0.3, -0.25) is 29.1 Å². The van der Waals surface area contributed by atoms with Crippen LogP contribution in [0.1, 0.15) is 35.4 Å². The third-order valence-electron chi connectivity index (χ3n) is 11.6. The number of amides is 2. The number of aromatic nitrogens is 6. The second kappa shape index (κ2) is 28.2. The molecule has 8 rings (SSSR count). The van der Waals surface area contributed by atoms with Crippen LogP contribution in [-0.4, -0.2) is 94.9 Å². The van der Waals surface area contributed by atoms with Gasteiger partial charge in [0.1, 0.15) is 50.9 Å². The minimum Gasteiger partial charge on any atom is -0.507 e. The number of aromatic amines is 2. The van der Waals surface area contributed by atoms with E-state index in [-0.39, 0.29) is 73.4 Å². The Kier molecular flexibility index (Phi) is 21.3. The number of H-pyrrole nitrogens is 2. The van der Waals surface area contributed by atoms with E-state index in [1.807, 2.05) is 4.72 Å². The number of primary amides is 2. The highest BCUT2D eigenvalue weighted by molar-refractivity contribution is 7.89. The van der Waals surface area contributed by atoms with Crippen LogP contribution in [0.15, 0.2) is 138 Å². The van der Waals surface area contributed by atoms with E-state index in [9.17, 15) is 68.3 Å². The van der Waals surface area contributed by atoms with Crippen molar-refractivity contribution in [3.63, 3.8) is 0 Å². The highest BCUT2D eigenvalue weighted by Gasteiger charge is 2.31. The first kappa shape index (κ1) is 66.5. The van der Waals surface area contributed by atoms with Crippen LogP contribution in [0, 0.1) is 0 Å². The van der Waals surface area contributed by atoms with E-state index in [1.54, 1.807) is 58.5 Å². The monoisotopic (exact) mass is 1340 g/mol. The Hall–Kier alpha value is -9.02. The molecule has 0 spiro atoms. The topological polar surface area (TPSA) is 372 Å². The van der Waals surface area contributed by atoms with Crippen molar-refractivity contribution in [3.8, 4) is 57.4 Å². The Morgan fingerprint density at radius 3 is 1.47 bits per heavy atom. The molecule has 8 N–H and O–H groups in total. The molecule has 0 aliphatic carbocycles. The van der Waals surface area contributed by atoms with Gasteiger partial charge in [-0.1, -0.05) is 70.7 Å². The summed E-state index contributed by atoms with van der Waals surface area (Å²) in [6.07, 6.45) is -6.56. The summed E-state index contributed by atoms with van der Waals surface area (Å²) in [4.78, 5) is 73.1. The standard InChI is InChI=1S/C34H29Cl2F2N5O9S.C18H13Cl2F2N5O7S/c1-49-22-7-3-19(4-8-22)16-42(17-29(39)44)53(47,48)28-15-24(11-12-27(28)51-18-20-5-9-23(50-2)10-6-20)52-31-25(35)13-21(14-26(31)36)43-34(46)40-33(45)30(41-43)32(37)38;19-9-3-7(27-18(31)25-17(30)14(26-27)16(21)22)4-10(20)15(9)34-8-1-2-11(28)12(5-8)35(32,33)24-6-13(23)29/h3-15,32H,16-18H2,1-2H3,(H2,39,44)(H,40,45,46);1-5,16,24,28H,6H2,(H2,23,29)(H,25,30,31). The molecule has 2 aromatic heterocycles. The molecule has 36 heteroatoms. The van der Waals surface area contributed by atoms with E-state index < -0.39 is 107 Å². The molecule has 0 atom stereocenters. The number of hydrogen-bond acceptors (Lipinski definition) is 18. The number of carbonyl (C=O) groups excluding carboxylic acids is 2. The third kappa shape index (κ3) is 16.1. The number of alkyl halides is 4. The van der Waals surface area contributed by atoms with E-state index in [0.717, 1.165) is 46.8 Å². The molecular weight excluding hydrogens is 1300 g/mol. The maximum absolute atomic E-state index is 14.4. The van der Waals surface area contributed by atoms with E-state index in [4.69, 9.17) is 81.6 Å². The molecule has 88 heavy (non-hydrogen) atoms. The van der Waals surface area contributed by atoms with Gasteiger partial charge in [0.05, 0.1) is 58.8 Å². The van der Waals surface area contributed by atoms with Crippen molar-refractivity contribution in [3.05, 3.63) is 193 Å². The third-order valence-corrected chi connectivity index (χ3v) is 16.0. The average molecular weight is 1340 g/mol. The Morgan fingerprint density at radius 1 is 0.625 bits per heavy atom. The summed E-state index contributed by atoms with van der Waals surface area (Å²) in [5.74, 6) is -2.26. The molecule has 0 aliphatic heterocycles. The molecule has 0 radical (unpaired) electrons. The largest absolute Gasteiger partial charge is 0.507 e. The first-order valence-electron chi connectivity index (χ1n) is 24.3. The summed E-state index contributed by atoms with van der Waals surface area (Å²) < 4.78 is 137. The number of methoxy groups -OCH3 is 2. The quantitative estimate of drug-likeness (QED) is 0.0365. The molecule has 464 valence electrons. The number of hydrogen-bond donors (Lipinski definition) is 6. The number of halogens is 8. The summed E-state index contributed by atoms with van der Waals surface area (Å²) in [5, 5.41) is 15.7. The predicted molar refractivity (Wildman–Crippen MR) is 307 cm³/mol. The normalized spacial score (nSPS) is 11.5. The number of nitrogens with two attached hydrogens (primary N) is 2. The summed E-state index contributed by atoms with van der Waals surface area (Å²) in [5.41, 5.74) is 3.77. The minimum atomic E-state index is -4.58. The van der Waals surface area contributed by atoms with Crippen LogP contribution in [0.3, 0.4) is 0 Å². The fourth-order valence-electron chi connectivity index (χ4n) is 7.48. The van der Waals surface area contributed by atoms with Crippen LogP contribution in [0.25, 0.3) is 11.4 Å². The van der Waals surface area contributed by atoms with Crippen LogP contribution in [0.4, 0.5) is 17.6 Å². The van der Waals surface area contributed by atoms with E-state index in [2.05, 4.69) is 10.2 Å². The Balaban J connectivity index is 0.000000273. The highest BCUT2D eigenvalue weighted by atomic mass is 35.5. The van der Waals surface area contributed by atoms with Gasteiger partial charge in [-0.25, -0.2) is 48.7 Å². The van der Waals surface area contributed by atoms with Crippen molar-refractivity contribution < 1.29 is 72.8 Å². The number of phenolic OH excluding ortho intramolecular Hbond substituents is 1. The lowest BCUT2D eigenvalue weighted by molar-refractivity contribution is -0.118. The van der Waals surface area contributed by atoms with Gasteiger partial charge >= 0.3 is 11.4 Å².